The monoisotopic (exact) mass is 293 g/mol. The zero-order valence-electron chi connectivity index (χ0n) is 12.8. The lowest BCUT2D eigenvalue weighted by Gasteiger charge is -2.38. The highest BCUT2D eigenvalue weighted by Crippen LogP contribution is 2.41. The highest BCUT2D eigenvalue weighted by atomic mass is 16.4. The van der Waals surface area contributed by atoms with Gasteiger partial charge in [0.1, 0.15) is 6.54 Å². The summed E-state index contributed by atoms with van der Waals surface area (Å²) in [5, 5.41) is 15.5. The molecule has 6 heteroatoms. The number of carboxylic acids is 1. The van der Waals surface area contributed by atoms with E-state index in [1.54, 1.807) is 12.3 Å². The van der Waals surface area contributed by atoms with Crippen LogP contribution in [-0.4, -0.2) is 26.8 Å². The second-order valence-corrected chi connectivity index (χ2v) is 6.89. The molecule has 1 aliphatic rings. The van der Waals surface area contributed by atoms with Gasteiger partial charge in [-0.25, -0.2) is 0 Å². The van der Waals surface area contributed by atoms with Gasteiger partial charge in [0, 0.05) is 18.2 Å². The van der Waals surface area contributed by atoms with Gasteiger partial charge in [0.05, 0.1) is 0 Å². The Morgan fingerprint density at radius 3 is 2.81 bits per heavy atom. The van der Waals surface area contributed by atoms with Gasteiger partial charge in [-0.3, -0.25) is 14.3 Å². The Labute approximate surface area is 124 Å². The number of aromatic nitrogens is 2. The van der Waals surface area contributed by atoms with Crippen LogP contribution in [0, 0.1) is 17.3 Å². The van der Waals surface area contributed by atoms with Crippen molar-refractivity contribution in [3.63, 3.8) is 0 Å². The average molecular weight is 293 g/mol. The summed E-state index contributed by atoms with van der Waals surface area (Å²) in [6, 6.07) is 1.62. The number of carbonyl (C=O) groups excluding carboxylic acids is 1. The third-order valence-corrected chi connectivity index (χ3v) is 3.95. The van der Waals surface area contributed by atoms with Gasteiger partial charge < -0.3 is 10.4 Å². The minimum Gasteiger partial charge on any atom is -0.480 e. The zero-order chi connectivity index (χ0) is 15.6. The molecule has 21 heavy (non-hydrogen) atoms. The molecule has 0 bridgehead atoms. The fraction of sp³-hybridized carbons (Fsp3) is 0.667. The van der Waals surface area contributed by atoms with Crippen molar-refractivity contribution >= 4 is 17.7 Å². The molecule has 1 heterocycles. The number of hydrogen-bond acceptors (Lipinski definition) is 3. The van der Waals surface area contributed by atoms with Gasteiger partial charge in [-0.15, -0.1) is 0 Å². The number of aliphatic carboxylic acids is 1. The van der Waals surface area contributed by atoms with E-state index in [4.69, 9.17) is 5.11 Å². The quantitative estimate of drug-likeness (QED) is 0.892. The molecule has 1 saturated carbocycles. The molecule has 0 radical (unpaired) electrons. The Kier molecular flexibility index (Phi) is 4.34. The van der Waals surface area contributed by atoms with E-state index in [1.807, 2.05) is 0 Å². The van der Waals surface area contributed by atoms with Crippen LogP contribution in [0.1, 0.15) is 40.0 Å². The predicted molar refractivity (Wildman–Crippen MR) is 78.8 cm³/mol. The fourth-order valence-corrected chi connectivity index (χ4v) is 3.43. The molecule has 1 aliphatic carbocycles. The molecule has 2 atom stereocenters. The molecule has 2 unspecified atom stereocenters. The van der Waals surface area contributed by atoms with Crippen LogP contribution < -0.4 is 5.32 Å². The fourth-order valence-electron chi connectivity index (χ4n) is 3.43. The summed E-state index contributed by atoms with van der Waals surface area (Å²) >= 11 is 0. The van der Waals surface area contributed by atoms with Crippen molar-refractivity contribution in [1.29, 1.82) is 0 Å². The smallest absolute Gasteiger partial charge is 0.325 e. The third-order valence-electron chi connectivity index (χ3n) is 3.95. The first-order valence-electron chi connectivity index (χ1n) is 7.31. The first-order chi connectivity index (χ1) is 9.75. The molecule has 1 amide bonds. The number of amides is 1. The number of hydrogen-bond donors (Lipinski definition) is 2. The van der Waals surface area contributed by atoms with E-state index in [9.17, 15) is 9.59 Å². The zero-order valence-corrected chi connectivity index (χ0v) is 12.8. The Bertz CT molecular complexity index is 536. The highest BCUT2D eigenvalue weighted by molar-refractivity contribution is 5.91. The van der Waals surface area contributed by atoms with Gasteiger partial charge in [-0.2, -0.15) is 5.10 Å². The van der Waals surface area contributed by atoms with Crippen molar-refractivity contribution in [3.8, 4) is 0 Å². The number of nitrogens with zero attached hydrogens (tertiary/aromatic N) is 2. The van der Waals surface area contributed by atoms with Crippen LogP contribution in [0.25, 0.3) is 0 Å². The lowest BCUT2D eigenvalue weighted by atomic mass is 9.68. The van der Waals surface area contributed by atoms with Crippen LogP contribution in [0.3, 0.4) is 0 Å². The largest absolute Gasteiger partial charge is 0.480 e. The molecule has 0 spiro atoms. The van der Waals surface area contributed by atoms with Crippen molar-refractivity contribution in [2.75, 3.05) is 5.32 Å². The van der Waals surface area contributed by atoms with Crippen molar-refractivity contribution < 1.29 is 14.7 Å². The third kappa shape index (κ3) is 4.31. The van der Waals surface area contributed by atoms with Crippen LogP contribution in [0.15, 0.2) is 12.3 Å². The van der Waals surface area contributed by atoms with Crippen molar-refractivity contribution in [2.24, 2.45) is 17.3 Å². The Balaban J connectivity index is 1.97. The summed E-state index contributed by atoms with van der Waals surface area (Å²) in [5.74, 6) is -0.0336. The minimum absolute atomic E-state index is 0.00614. The minimum atomic E-state index is -0.959. The Morgan fingerprint density at radius 1 is 1.48 bits per heavy atom. The number of nitrogens with one attached hydrogen (secondary N) is 1. The van der Waals surface area contributed by atoms with Gasteiger partial charge in [-0.1, -0.05) is 20.8 Å². The Morgan fingerprint density at radius 2 is 2.19 bits per heavy atom. The molecule has 0 saturated heterocycles. The molecule has 1 fully saturated rings. The average Bonchev–Trinajstić information content (AvgIpc) is 2.72. The van der Waals surface area contributed by atoms with Crippen molar-refractivity contribution in [1.82, 2.24) is 9.78 Å². The summed E-state index contributed by atoms with van der Waals surface area (Å²) < 4.78 is 1.30. The summed E-state index contributed by atoms with van der Waals surface area (Å²) in [4.78, 5) is 23.0. The van der Waals surface area contributed by atoms with E-state index < -0.39 is 5.97 Å². The summed E-state index contributed by atoms with van der Waals surface area (Å²) in [7, 11) is 0. The van der Waals surface area contributed by atoms with Crippen LogP contribution in [0.5, 0.6) is 0 Å². The van der Waals surface area contributed by atoms with Crippen molar-refractivity contribution in [2.45, 2.75) is 46.6 Å². The lowest BCUT2D eigenvalue weighted by Crippen LogP contribution is -2.34. The molecule has 6 nitrogen and oxygen atoms in total. The SMILES string of the molecule is CC1CC(C(=O)Nc2ccn(CC(=O)O)n2)CC(C)(C)C1. The topological polar surface area (TPSA) is 84.2 Å². The maximum Gasteiger partial charge on any atom is 0.325 e. The Hall–Kier alpha value is -1.85. The lowest BCUT2D eigenvalue weighted by molar-refractivity contribution is -0.137. The molecule has 0 aromatic carbocycles. The van der Waals surface area contributed by atoms with Gasteiger partial charge >= 0.3 is 5.97 Å². The molecule has 0 aliphatic heterocycles. The van der Waals surface area contributed by atoms with Gasteiger partial charge in [0.15, 0.2) is 5.82 Å². The molecular formula is C15H23N3O3. The van der Waals surface area contributed by atoms with E-state index in [0.29, 0.717) is 11.7 Å². The van der Waals surface area contributed by atoms with E-state index in [0.717, 1.165) is 19.3 Å². The summed E-state index contributed by atoms with van der Waals surface area (Å²) in [5.41, 5.74) is 0.183. The van der Waals surface area contributed by atoms with Gasteiger partial charge in [0.25, 0.3) is 0 Å². The highest BCUT2D eigenvalue weighted by Gasteiger charge is 2.35. The van der Waals surface area contributed by atoms with E-state index >= 15 is 0 Å². The maximum atomic E-state index is 12.4. The first-order valence-corrected chi connectivity index (χ1v) is 7.31. The number of anilines is 1. The van der Waals surface area contributed by atoms with Crippen LogP contribution in [0.4, 0.5) is 5.82 Å². The molecule has 2 rings (SSSR count). The predicted octanol–water partition coefficient (Wildman–Crippen LogP) is 2.37. The van der Waals surface area contributed by atoms with E-state index in [1.165, 1.54) is 4.68 Å². The van der Waals surface area contributed by atoms with Gasteiger partial charge in [-0.05, 0) is 30.6 Å². The maximum absolute atomic E-state index is 12.4. The number of carboxylic acid groups (broad SMARTS) is 1. The van der Waals surface area contributed by atoms with Gasteiger partial charge in [0.2, 0.25) is 5.91 Å². The molecule has 1 aromatic heterocycles. The van der Waals surface area contributed by atoms with E-state index in [-0.39, 0.29) is 23.8 Å². The van der Waals surface area contributed by atoms with Crippen LogP contribution >= 0.6 is 0 Å². The second-order valence-electron chi connectivity index (χ2n) is 6.89. The van der Waals surface area contributed by atoms with Crippen LogP contribution in [0.2, 0.25) is 0 Å². The summed E-state index contributed by atoms with van der Waals surface area (Å²) in [6.07, 6.45) is 4.46. The molecule has 116 valence electrons. The summed E-state index contributed by atoms with van der Waals surface area (Å²) in [6.45, 7) is 6.38. The normalized spacial score (nSPS) is 24.5. The number of rotatable bonds is 4. The van der Waals surface area contributed by atoms with E-state index in [2.05, 4.69) is 31.2 Å². The molecule has 1 aromatic rings. The molecular weight excluding hydrogens is 270 g/mol. The number of carbonyl (C=O) groups is 2. The molecule has 2 N–H and O–H groups in total. The standard InChI is InChI=1S/C15H23N3O3/c1-10-6-11(8-15(2,3)7-10)14(21)16-12-4-5-18(17-12)9-13(19)20/h4-5,10-11H,6-9H2,1-3H3,(H,19,20)(H,16,17,21). The first kappa shape index (κ1) is 15.5. The van der Waals surface area contributed by atoms with Crippen LogP contribution in [-0.2, 0) is 16.1 Å². The van der Waals surface area contributed by atoms with Crippen molar-refractivity contribution in [3.05, 3.63) is 12.3 Å². The second kappa shape index (κ2) is 5.87.